The predicted octanol–water partition coefficient (Wildman–Crippen LogP) is 1.17. The molecule has 0 radical (unpaired) electrons. The number of carbonyl (C=O) groups excluding carboxylic acids is 2. The van der Waals surface area contributed by atoms with Crippen molar-refractivity contribution in [2.75, 3.05) is 32.1 Å². The fourth-order valence-corrected chi connectivity index (χ4v) is 2.88. The Kier molecular flexibility index (Phi) is 5.38. The molecule has 1 aromatic carbocycles. The van der Waals surface area contributed by atoms with Gasteiger partial charge < -0.3 is 10.2 Å². The van der Waals surface area contributed by atoms with Gasteiger partial charge in [-0.05, 0) is 18.1 Å². The lowest BCUT2D eigenvalue weighted by Crippen LogP contribution is -2.47. The number of rotatable bonds is 3. The smallest absolute Gasteiger partial charge is 0.321 e. The molecule has 1 atom stereocenters. The summed E-state index contributed by atoms with van der Waals surface area (Å²) in [4.78, 5) is 27.7. The summed E-state index contributed by atoms with van der Waals surface area (Å²) < 4.78 is 0. The Balaban J connectivity index is 2.15. The highest BCUT2D eigenvalue weighted by molar-refractivity contribution is 5.95. The number of hydrogen-bond acceptors (Lipinski definition) is 4. The Morgan fingerprint density at radius 3 is 2.73 bits per heavy atom. The second-order valence-corrected chi connectivity index (χ2v) is 5.60. The first kappa shape index (κ1) is 16.3. The fourth-order valence-electron chi connectivity index (χ4n) is 2.88. The van der Waals surface area contributed by atoms with Crippen molar-refractivity contribution in [1.29, 1.82) is 0 Å². The van der Waals surface area contributed by atoms with E-state index in [9.17, 15) is 9.59 Å². The maximum Gasteiger partial charge on any atom is 0.321 e. The molecule has 22 heavy (non-hydrogen) atoms. The number of nitrogens with zero attached hydrogens (tertiary/aromatic N) is 2. The van der Waals surface area contributed by atoms with E-state index in [2.05, 4.69) is 46.5 Å². The van der Waals surface area contributed by atoms with Gasteiger partial charge >= 0.3 is 6.03 Å². The number of fused-ring (bicyclic) bond motifs is 1. The van der Waals surface area contributed by atoms with Crippen molar-refractivity contribution in [3.63, 3.8) is 0 Å². The van der Waals surface area contributed by atoms with Crippen molar-refractivity contribution in [1.82, 2.24) is 15.5 Å². The summed E-state index contributed by atoms with van der Waals surface area (Å²) in [5.41, 5.74) is 2.41. The molecule has 0 aliphatic carbocycles. The second kappa shape index (κ2) is 7.26. The molecule has 6 heteroatoms. The monoisotopic (exact) mass is 304 g/mol. The zero-order chi connectivity index (χ0) is 16.1. The van der Waals surface area contributed by atoms with Crippen LogP contribution in [0.3, 0.4) is 0 Å². The first-order valence-corrected chi connectivity index (χ1v) is 7.59. The van der Waals surface area contributed by atoms with E-state index in [0.29, 0.717) is 6.54 Å². The Morgan fingerprint density at radius 1 is 1.32 bits per heavy atom. The molecule has 0 saturated heterocycles. The third kappa shape index (κ3) is 3.76. The van der Waals surface area contributed by atoms with E-state index in [1.807, 2.05) is 12.1 Å². The highest BCUT2D eigenvalue weighted by Gasteiger charge is 2.26. The Bertz CT molecular complexity index is 547. The zero-order valence-electron chi connectivity index (χ0n) is 13.4. The first-order chi connectivity index (χ1) is 10.5. The molecular weight excluding hydrogens is 280 g/mol. The van der Waals surface area contributed by atoms with Crippen LogP contribution in [0.5, 0.6) is 0 Å². The predicted molar refractivity (Wildman–Crippen MR) is 86.8 cm³/mol. The van der Waals surface area contributed by atoms with Gasteiger partial charge in [-0.1, -0.05) is 25.1 Å². The lowest BCUT2D eigenvalue weighted by Gasteiger charge is -2.29. The summed E-state index contributed by atoms with van der Waals surface area (Å²) in [5, 5.41) is 4.73. The maximum atomic E-state index is 12.0. The number of anilines is 1. The molecule has 0 saturated carbocycles. The lowest BCUT2D eigenvalue weighted by molar-refractivity contribution is -0.121. The van der Waals surface area contributed by atoms with E-state index in [1.54, 1.807) is 0 Å². The normalized spacial score (nSPS) is 18.3. The molecule has 0 fully saturated rings. The van der Waals surface area contributed by atoms with Gasteiger partial charge in [-0.25, -0.2) is 4.79 Å². The number of para-hydroxylation sites is 1. The molecule has 0 unspecified atom stereocenters. The van der Waals surface area contributed by atoms with E-state index in [4.69, 9.17) is 0 Å². The van der Waals surface area contributed by atoms with Crippen molar-refractivity contribution >= 4 is 17.6 Å². The topological polar surface area (TPSA) is 64.7 Å². The van der Waals surface area contributed by atoms with Crippen molar-refractivity contribution in [3.8, 4) is 0 Å². The van der Waals surface area contributed by atoms with Gasteiger partial charge in [0.2, 0.25) is 5.91 Å². The van der Waals surface area contributed by atoms with Crippen LogP contribution in [0.25, 0.3) is 0 Å². The summed E-state index contributed by atoms with van der Waals surface area (Å²) in [6.07, 6.45) is 0.950. The zero-order valence-corrected chi connectivity index (χ0v) is 13.4. The summed E-state index contributed by atoms with van der Waals surface area (Å²) in [6, 6.07) is 8.05. The van der Waals surface area contributed by atoms with Crippen LogP contribution in [0, 0.1) is 0 Å². The third-order valence-corrected chi connectivity index (χ3v) is 4.08. The Morgan fingerprint density at radius 2 is 2.05 bits per heavy atom. The van der Waals surface area contributed by atoms with Crippen molar-refractivity contribution in [3.05, 3.63) is 29.8 Å². The van der Waals surface area contributed by atoms with E-state index < -0.39 is 6.03 Å². The molecule has 120 valence electrons. The number of amides is 3. The average Bonchev–Trinajstić information content (AvgIpc) is 2.64. The van der Waals surface area contributed by atoms with Crippen LogP contribution in [0.4, 0.5) is 10.5 Å². The number of benzene rings is 1. The van der Waals surface area contributed by atoms with Crippen molar-refractivity contribution < 1.29 is 9.59 Å². The fraction of sp³-hybridized carbons (Fsp3) is 0.500. The molecule has 1 aromatic rings. The molecule has 2 rings (SSSR count). The summed E-state index contributed by atoms with van der Waals surface area (Å²) >= 11 is 0. The summed E-state index contributed by atoms with van der Waals surface area (Å²) in [5.74, 6) is -0.278. The number of carbonyl (C=O) groups is 2. The molecule has 1 aliphatic rings. The number of hydrogen-bond donors (Lipinski definition) is 2. The lowest BCUT2D eigenvalue weighted by atomic mass is 10.1. The molecule has 2 N–H and O–H groups in total. The van der Waals surface area contributed by atoms with E-state index >= 15 is 0 Å². The molecule has 0 aromatic heterocycles. The Labute approximate surface area is 131 Å². The van der Waals surface area contributed by atoms with Crippen LogP contribution in [-0.2, 0) is 11.3 Å². The Hall–Kier alpha value is -2.08. The van der Waals surface area contributed by atoms with Gasteiger partial charge in [-0.3, -0.25) is 15.0 Å². The maximum absolute atomic E-state index is 12.0. The van der Waals surface area contributed by atoms with E-state index in [0.717, 1.165) is 13.0 Å². The van der Waals surface area contributed by atoms with Gasteiger partial charge in [0.1, 0.15) is 0 Å². The van der Waals surface area contributed by atoms with Crippen molar-refractivity contribution in [2.24, 2.45) is 0 Å². The molecular formula is C16H24N4O2. The van der Waals surface area contributed by atoms with Gasteiger partial charge in [0.25, 0.3) is 0 Å². The average molecular weight is 304 g/mol. The van der Waals surface area contributed by atoms with Crippen molar-refractivity contribution in [2.45, 2.75) is 25.9 Å². The second-order valence-electron chi connectivity index (χ2n) is 5.60. The third-order valence-electron chi connectivity index (χ3n) is 4.08. The number of imide groups is 1. The summed E-state index contributed by atoms with van der Waals surface area (Å²) in [7, 11) is 3.57. The van der Waals surface area contributed by atoms with E-state index in [-0.39, 0.29) is 18.5 Å². The number of urea groups is 1. The van der Waals surface area contributed by atoms with Crippen LogP contribution in [-0.4, -0.2) is 50.1 Å². The molecule has 1 heterocycles. The minimum Gasteiger partial charge on any atom is -0.373 e. The molecule has 0 spiro atoms. The minimum atomic E-state index is -0.467. The van der Waals surface area contributed by atoms with Gasteiger partial charge in [0, 0.05) is 38.9 Å². The number of likely N-dealkylation sites (N-methyl/N-ethyl adjacent to an activating group) is 1. The molecule has 0 bridgehead atoms. The molecule has 3 amide bonds. The molecule has 1 aliphatic heterocycles. The highest BCUT2D eigenvalue weighted by Crippen LogP contribution is 2.26. The van der Waals surface area contributed by atoms with E-state index in [1.165, 1.54) is 18.3 Å². The minimum absolute atomic E-state index is 0.216. The van der Waals surface area contributed by atoms with Crippen LogP contribution >= 0.6 is 0 Å². The highest BCUT2D eigenvalue weighted by atomic mass is 16.2. The standard InChI is InChI=1S/C16H24N4O2/c1-4-13-10-19(3)14-8-6-5-7-12(14)9-20(13)11-15(21)18-16(22)17-2/h5-8,13H,4,9-11H2,1-3H3,(H2,17,18,21,22)/t13-/m0/s1. The van der Waals surface area contributed by atoms with Gasteiger partial charge in [-0.2, -0.15) is 0 Å². The van der Waals surface area contributed by atoms with Crippen LogP contribution in [0.2, 0.25) is 0 Å². The van der Waals surface area contributed by atoms with Gasteiger partial charge in [-0.15, -0.1) is 0 Å². The van der Waals surface area contributed by atoms with Gasteiger partial charge in [0.15, 0.2) is 0 Å². The quantitative estimate of drug-likeness (QED) is 0.880. The molecule has 6 nitrogen and oxygen atoms in total. The first-order valence-electron chi connectivity index (χ1n) is 7.59. The van der Waals surface area contributed by atoms with Crippen LogP contribution in [0.15, 0.2) is 24.3 Å². The van der Waals surface area contributed by atoms with Crippen LogP contribution in [0.1, 0.15) is 18.9 Å². The van der Waals surface area contributed by atoms with Gasteiger partial charge in [0.05, 0.1) is 6.54 Å². The van der Waals surface area contributed by atoms with Crippen LogP contribution < -0.4 is 15.5 Å². The summed E-state index contributed by atoms with van der Waals surface area (Å²) in [6.45, 7) is 3.91. The number of nitrogens with one attached hydrogen (secondary N) is 2. The SMILES string of the molecule is CC[C@H]1CN(C)c2ccccc2CN1CC(=O)NC(=O)NC. The largest absolute Gasteiger partial charge is 0.373 e.